The summed E-state index contributed by atoms with van der Waals surface area (Å²) in [5.74, 6) is -2.60. The predicted molar refractivity (Wildman–Crippen MR) is 213 cm³/mol. The van der Waals surface area contributed by atoms with Gasteiger partial charge >= 0.3 is 5.97 Å². The highest BCUT2D eigenvalue weighted by molar-refractivity contribution is 6.25. The Kier molecular flexibility index (Phi) is 28.7. The number of hydrogen-bond donors (Lipinski definition) is 2. The second-order valence-electron chi connectivity index (χ2n) is 13.0. The molecule has 0 bridgehead atoms. The maximum Gasteiger partial charge on any atom is 0.331 e. The number of fused-ring (bicyclic) bond motifs is 1. The fourth-order valence-corrected chi connectivity index (χ4v) is 5.55. The molecule has 0 spiro atoms. The first-order chi connectivity index (χ1) is 29.9. The number of esters is 1. The molecule has 1 aromatic rings. The number of imide groups is 2. The number of anilines is 1. The van der Waals surface area contributed by atoms with Gasteiger partial charge in [-0.25, -0.2) is 4.79 Å². The third-order valence-corrected chi connectivity index (χ3v) is 8.57. The Morgan fingerprint density at radius 3 is 1.36 bits per heavy atom. The van der Waals surface area contributed by atoms with Gasteiger partial charge in [0.25, 0.3) is 11.8 Å². The van der Waals surface area contributed by atoms with Gasteiger partial charge in [0.05, 0.1) is 170 Å². The zero-order chi connectivity index (χ0) is 43.6. The summed E-state index contributed by atoms with van der Waals surface area (Å²) in [6.45, 7) is 10.2. The van der Waals surface area contributed by atoms with E-state index in [2.05, 4.69) is 15.4 Å². The molecule has 1 saturated heterocycles. The second kappa shape index (κ2) is 33.9. The Morgan fingerprint density at radius 1 is 0.574 bits per heavy atom. The number of ether oxygens (including phenoxy) is 13. The third-order valence-electron chi connectivity index (χ3n) is 8.57. The number of carbonyl (C=O) groups is 5. The molecule has 1 atom stereocenters. The maximum atomic E-state index is 13.2. The van der Waals surface area contributed by atoms with Crippen LogP contribution in [0.4, 0.5) is 5.69 Å². The molecule has 2 aliphatic heterocycles. The van der Waals surface area contributed by atoms with Gasteiger partial charge in [0, 0.05) is 18.7 Å². The second-order valence-corrected chi connectivity index (χ2v) is 13.0. The van der Waals surface area contributed by atoms with Crippen molar-refractivity contribution in [2.24, 2.45) is 0 Å². The molecule has 0 aliphatic carbocycles. The summed E-state index contributed by atoms with van der Waals surface area (Å²) in [6.07, 6.45) is 0.160. The largest absolute Gasteiger partial charge is 0.467 e. The predicted octanol–water partition coefficient (Wildman–Crippen LogP) is -0.128. The lowest BCUT2D eigenvalue weighted by Gasteiger charge is -2.27. The average molecular weight is 874 g/mol. The Morgan fingerprint density at radius 2 is 0.967 bits per heavy atom. The normalized spacial score (nSPS) is 15.1. The minimum atomic E-state index is -1.02. The van der Waals surface area contributed by atoms with Crippen molar-refractivity contribution < 1.29 is 85.6 Å². The van der Waals surface area contributed by atoms with Gasteiger partial charge in [0.15, 0.2) is 0 Å². The van der Waals surface area contributed by atoms with Gasteiger partial charge in [0.2, 0.25) is 11.8 Å². The fraction of sp³-hybridized carbons (Fsp3) is 0.725. The van der Waals surface area contributed by atoms with E-state index in [1.807, 2.05) is 0 Å². The molecule has 3 rings (SSSR count). The zero-order valence-corrected chi connectivity index (χ0v) is 35.2. The molecule has 2 aliphatic rings. The summed E-state index contributed by atoms with van der Waals surface area (Å²) in [5, 5.41) is 5.33. The minimum absolute atomic E-state index is 0.0613. The minimum Gasteiger partial charge on any atom is -0.467 e. The summed E-state index contributed by atoms with van der Waals surface area (Å²) in [6, 6.07) is 3.89. The molecule has 21 nitrogen and oxygen atoms in total. The van der Waals surface area contributed by atoms with Crippen LogP contribution in [0.15, 0.2) is 18.2 Å². The number of amides is 4. The van der Waals surface area contributed by atoms with Gasteiger partial charge in [-0.05, 0) is 18.6 Å². The first-order valence-electron chi connectivity index (χ1n) is 20.5. The van der Waals surface area contributed by atoms with Crippen LogP contribution >= 0.6 is 0 Å². The highest BCUT2D eigenvalue weighted by Gasteiger charge is 2.45. The van der Waals surface area contributed by atoms with Crippen LogP contribution in [0.25, 0.3) is 0 Å². The molecular weight excluding hydrogens is 810 g/mol. The van der Waals surface area contributed by atoms with E-state index in [4.69, 9.17) is 56.8 Å². The van der Waals surface area contributed by atoms with Crippen molar-refractivity contribution in [1.29, 1.82) is 0 Å². The zero-order valence-electron chi connectivity index (χ0n) is 35.2. The van der Waals surface area contributed by atoms with Crippen molar-refractivity contribution in [3.05, 3.63) is 29.3 Å². The summed E-state index contributed by atoms with van der Waals surface area (Å²) >= 11 is 0. The van der Waals surface area contributed by atoms with Crippen molar-refractivity contribution >= 4 is 35.3 Å². The summed E-state index contributed by atoms with van der Waals surface area (Å²) in [7, 11) is 1.31. The molecule has 0 saturated carbocycles. The molecule has 1 unspecified atom stereocenters. The lowest BCUT2D eigenvalue weighted by Crippen LogP contribution is -2.54. The van der Waals surface area contributed by atoms with Crippen LogP contribution in [0.3, 0.4) is 0 Å². The summed E-state index contributed by atoms with van der Waals surface area (Å²) < 4.78 is 69.7. The van der Waals surface area contributed by atoms with E-state index < -0.39 is 35.6 Å². The summed E-state index contributed by atoms with van der Waals surface area (Å²) in [4.78, 5) is 61.8. The average Bonchev–Trinajstić information content (AvgIpc) is 3.51. The standard InChI is InChI=1S/C40H63N3O18/c1-49-36(45)31-61-30-29-60-28-27-59-26-25-58-24-23-57-22-21-56-20-19-55-18-17-54-16-15-53-14-13-52-12-11-51-10-9-50-8-7-41-33-4-2-3-32-37(33)40(48)43(39(32)47)34-5-6-35(44)42-38(34)46/h2-4,34,41H,5-31H2,1H3,(H,42,44,46). The Bertz CT molecular complexity index is 1400. The number of carbonyl (C=O) groups excluding carboxylic acids is 5. The number of nitrogens with zero attached hydrogens (tertiary/aromatic N) is 1. The number of rotatable bonds is 40. The van der Waals surface area contributed by atoms with E-state index in [0.29, 0.717) is 164 Å². The maximum absolute atomic E-state index is 13.2. The molecule has 1 fully saturated rings. The Hall–Kier alpha value is -3.71. The van der Waals surface area contributed by atoms with Gasteiger partial charge in [-0.3, -0.25) is 29.4 Å². The van der Waals surface area contributed by atoms with E-state index in [0.717, 1.165) is 4.90 Å². The van der Waals surface area contributed by atoms with Gasteiger partial charge < -0.3 is 66.9 Å². The lowest BCUT2D eigenvalue weighted by atomic mass is 10.0. The molecule has 2 N–H and O–H groups in total. The number of nitrogens with one attached hydrogen (secondary N) is 2. The summed E-state index contributed by atoms with van der Waals surface area (Å²) in [5.41, 5.74) is 0.893. The monoisotopic (exact) mass is 873 g/mol. The van der Waals surface area contributed by atoms with Crippen LogP contribution in [-0.4, -0.2) is 213 Å². The molecule has 346 valence electrons. The number of methoxy groups -OCH3 is 1. The van der Waals surface area contributed by atoms with Crippen molar-refractivity contribution in [3.63, 3.8) is 0 Å². The quantitative estimate of drug-likeness (QED) is 0.0497. The van der Waals surface area contributed by atoms with Crippen LogP contribution in [0.5, 0.6) is 0 Å². The van der Waals surface area contributed by atoms with E-state index in [-0.39, 0.29) is 30.6 Å². The molecular formula is C40H63N3O18. The van der Waals surface area contributed by atoms with E-state index in [9.17, 15) is 24.0 Å². The topological polar surface area (TPSA) is 233 Å². The van der Waals surface area contributed by atoms with E-state index >= 15 is 0 Å². The first kappa shape index (κ1) is 51.6. The van der Waals surface area contributed by atoms with E-state index in [1.54, 1.807) is 18.2 Å². The lowest BCUT2D eigenvalue weighted by molar-refractivity contribution is -0.146. The van der Waals surface area contributed by atoms with Crippen molar-refractivity contribution in [1.82, 2.24) is 10.2 Å². The van der Waals surface area contributed by atoms with Crippen LogP contribution in [-0.2, 0) is 76.0 Å². The number of hydrogen-bond acceptors (Lipinski definition) is 19. The molecule has 1 aromatic carbocycles. The van der Waals surface area contributed by atoms with Gasteiger partial charge in [-0.2, -0.15) is 0 Å². The van der Waals surface area contributed by atoms with Crippen LogP contribution in [0.2, 0.25) is 0 Å². The highest BCUT2D eigenvalue weighted by atomic mass is 16.6. The van der Waals surface area contributed by atoms with Crippen molar-refractivity contribution in [2.45, 2.75) is 18.9 Å². The smallest absolute Gasteiger partial charge is 0.331 e. The van der Waals surface area contributed by atoms with Gasteiger partial charge in [0.1, 0.15) is 12.6 Å². The van der Waals surface area contributed by atoms with Gasteiger partial charge in [-0.1, -0.05) is 6.07 Å². The van der Waals surface area contributed by atoms with Gasteiger partial charge in [-0.15, -0.1) is 0 Å². The molecule has 2 heterocycles. The first-order valence-corrected chi connectivity index (χ1v) is 20.5. The third kappa shape index (κ3) is 22.3. The molecule has 21 heteroatoms. The molecule has 61 heavy (non-hydrogen) atoms. The van der Waals surface area contributed by atoms with E-state index in [1.165, 1.54) is 7.11 Å². The van der Waals surface area contributed by atoms with Crippen LogP contribution in [0.1, 0.15) is 33.6 Å². The molecule has 0 radical (unpaired) electrons. The highest BCUT2D eigenvalue weighted by Crippen LogP contribution is 2.32. The SMILES string of the molecule is COC(=O)COCCOCCOCCOCCOCCOCCOCCOCCOCCOCCOCCOCCNc1cccc2c1C(=O)N(C1CCC(=O)NC1=O)C2=O. The Labute approximate surface area is 356 Å². The molecule has 0 aromatic heterocycles. The van der Waals surface area contributed by atoms with Crippen molar-refractivity contribution in [3.8, 4) is 0 Å². The van der Waals surface area contributed by atoms with Crippen molar-refractivity contribution in [2.75, 3.05) is 178 Å². The Balaban J connectivity index is 0.972. The molecule has 4 amide bonds. The number of piperidine rings is 1. The number of benzene rings is 1. The fourth-order valence-electron chi connectivity index (χ4n) is 5.55. The van der Waals surface area contributed by atoms with Crippen LogP contribution in [0, 0.1) is 0 Å². The van der Waals surface area contributed by atoms with Crippen LogP contribution < -0.4 is 10.6 Å².